The molecule has 1 atom stereocenters. The Morgan fingerprint density at radius 2 is 2.00 bits per heavy atom. The van der Waals surface area contributed by atoms with E-state index in [4.69, 9.17) is 4.74 Å². The molecule has 1 fully saturated rings. The van der Waals surface area contributed by atoms with Gasteiger partial charge in [0, 0.05) is 43.1 Å². The van der Waals surface area contributed by atoms with Crippen LogP contribution >= 0.6 is 0 Å². The Balaban J connectivity index is 1.32. The number of imide groups is 1. The molecule has 0 aromatic heterocycles. The molecule has 0 saturated carbocycles. The Bertz CT molecular complexity index is 1190. The van der Waals surface area contributed by atoms with E-state index in [0.29, 0.717) is 30.5 Å². The fourth-order valence-corrected chi connectivity index (χ4v) is 4.51. The molecule has 0 unspecified atom stereocenters. The zero-order valence-electron chi connectivity index (χ0n) is 17.6. The molecule has 32 heavy (non-hydrogen) atoms. The van der Waals surface area contributed by atoms with Crippen LogP contribution in [-0.4, -0.2) is 42.2 Å². The lowest BCUT2D eigenvalue weighted by Crippen LogP contribution is -2.39. The van der Waals surface area contributed by atoms with E-state index in [2.05, 4.69) is 15.6 Å². The van der Waals surface area contributed by atoms with Crippen molar-refractivity contribution in [2.24, 2.45) is 4.99 Å². The molecule has 0 bridgehead atoms. The average Bonchev–Trinajstić information content (AvgIpc) is 3.48. The van der Waals surface area contributed by atoms with Gasteiger partial charge in [-0.1, -0.05) is 36.4 Å². The number of hydrogen-bond acceptors (Lipinski definition) is 5. The van der Waals surface area contributed by atoms with Gasteiger partial charge in [-0.25, -0.2) is 14.5 Å². The SMILES string of the molecule is CNC(=O)Nc1ccc2c(c1)CC[C@@]21OC(=O)N(CC2=NC=C(c3ccccc3)C2)C1=O. The minimum Gasteiger partial charge on any atom is -0.427 e. The number of nitrogens with zero attached hydrogens (tertiary/aromatic N) is 2. The normalized spacial score (nSPS) is 21.3. The van der Waals surface area contributed by atoms with Crippen molar-refractivity contribution in [1.82, 2.24) is 10.2 Å². The Hall–Kier alpha value is -3.94. The molecule has 8 heteroatoms. The number of aryl methyl sites for hydroxylation is 1. The number of urea groups is 1. The van der Waals surface area contributed by atoms with Crippen LogP contribution in [0.25, 0.3) is 5.57 Å². The number of anilines is 1. The third-order valence-electron chi connectivity index (χ3n) is 6.13. The maximum atomic E-state index is 13.4. The van der Waals surface area contributed by atoms with Crippen LogP contribution in [0.2, 0.25) is 0 Å². The summed E-state index contributed by atoms with van der Waals surface area (Å²) in [4.78, 5) is 43.2. The highest BCUT2D eigenvalue weighted by Crippen LogP contribution is 2.46. The van der Waals surface area contributed by atoms with Gasteiger partial charge < -0.3 is 15.4 Å². The number of carbonyl (C=O) groups excluding carboxylic acids is 3. The fraction of sp³-hybridized carbons (Fsp3) is 0.250. The molecule has 1 saturated heterocycles. The maximum absolute atomic E-state index is 13.4. The summed E-state index contributed by atoms with van der Waals surface area (Å²) in [5.41, 5.74) is 3.75. The van der Waals surface area contributed by atoms with Crippen LogP contribution in [0.15, 0.2) is 59.7 Å². The van der Waals surface area contributed by atoms with Crippen LogP contribution in [0.1, 0.15) is 29.5 Å². The van der Waals surface area contributed by atoms with Crippen molar-refractivity contribution in [3.05, 3.63) is 71.4 Å². The Morgan fingerprint density at radius 1 is 1.19 bits per heavy atom. The molecule has 2 aromatic carbocycles. The van der Waals surface area contributed by atoms with Crippen LogP contribution in [0, 0.1) is 0 Å². The van der Waals surface area contributed by atoms with Gasteiger partial charge >= 0.3 is 12.1 Å². The molecule has 2 aromatic rings. The second kappa shape index (κ2) is 7.64. The van der Waals surface area contributed by atoms with Crippen molar-refractivity contribution < 1.29 is 19.1 Å². The third-order valence-corrected chi connectivity index (χ3v) is 6.13. The van der Waals surface area contributed by atoms with E-state index in [0.717, 1.165) is 27.3 Å². The van der Waals surface area contributed by atoms with E-state index in [9.17, 15) is 14.4 Å². The predicted octanol–water partition coefficient (Wildman–Crippen LogP) is 3.44. The van der Waals surface area contributed by atoms with E-state index in [-0.39, 0.29) is 18.5 Å². The summed E-state index contributed by atoms with van der Waals surface area (Å²) in [5.74, 6) is -0.357. The van der Waals surface area contributed by atoms with Gasteiger partial charge in [-0.2, -0.15) is 0 Å². The van der Waals surface area contributed by atoms with E-state index in [1.165, 1.54) is 7.05 Å². The van der Waals surface area contributed by atoms with Gasteiger partial charge in [0.1, 0.15) is 0 Å². The molecule has 1 aliphatic carbocycles. The predicted molar refractivity (Wildman–Crippen MR) is 119 cm³/mol. The van der Waals surface area contributed by atoms with Crippen molar-refractivity contribution in [1.29, 1.82) is 0 Å². The van der Waals surface area contributed by atoms with Gasteiger partial charge in [-0.05, 0) is 35.3 Å². The number of ether oxygens (including phenoxy) is 1. The van der Waals surface area contributed by atoms with E-state index < -0.39 is 11.7 Å². The lowest BCUT2D eigenvalue weighted by molar-refractivity contribution is -0.137. The average molecular weight is 430 g/mol. The van der Waals surface area contributed by atoms with Gasteiger partial charge in [0.15, 0.2) is 0 Å². The largest absolute Gasteiger partial charge is 0.427 e. The van der Waals surface area contributed by atoms with Crippen molar-refractivity contribution in [2.75, 3.05) is 18.9 Å². The molecule has 0 radical (unpaired) electrons. The summed E-state index contributed by atoms with van der Waals surface area (Å²) in [6.45, 7) is 0.109. The Morgan fingerprint density at radius 3 is 2.78 bits per heavy atom. The van der Waals surface area contributed by atoms with E-state index in [1.54, 1.807) is 18.3 Å². The first-order valence-electron chi connectivity index (χ1n) is 10.5. The number of fused-ring (bicyclic) bond motifs is 2. The second-order valence-corrected chi connectivity index (χ2v) is 8.05. The minimum atomic E-state index is -1.30. The molecule has 1 spiro atoms. The van der Waals surface area contributed by atoms with Gasteiger partial charge in [0.25, 0.3) is 5.91 Å². The van der Waals surface area contributed by atoms with Crippen LogP contribution in [0.5, 0.6) is 0 Å². The number of benzene rings is 2. The molecule has 5 rings (SSSR count). The molecule has 162 valence electrons. The minimum absolute atomic E-state index is 0.109. The molecule has 4 amide bonds. The first-order valence-corrected chi connectivity index (χ1v) is 10.5. The fourth-order valence-electron chi connectivity index (χ4n) is 4.51. The van der Waals surface area contributed by atoms with Crippen LogP contribution in [0.4, 0.5) is 15.3 Å². The topological polar surface area (TPSA) is 100 Å². The standard InChI is InChI=1S/C24H22N4O4/c1-25-22(30)27-18-7-8-20-16(11-18)9-10-24(20)21(29)28(23(31)32-24)14-19-12-17(13-26-19)15-5-3-2-4-6-15/h2-8,11,13H,9-10,12,14H2,1H3,(H2,25,27,30)/t24-/m1/s1. The van der Waals surface area contributed by atoms with E-state index in [1.807, 2.05) is 36.4 Å². The van der Waals surface area contributed by atoms with Gasteiger partial charge in [-0.3, -0.25) is 9.79 Å². The zero-order valence-corrected chi connectivity index (χ0v) is 17.6. The summed E-state index contributed by atoms with van der Waals surface area (Å²) in [6, 6.07) is 14.9. The van der Waals surface area contributed by atoms with Crippen LogP contribution < -0.4 is 10.6 Å². The van der Waals surface area contributed by atoms with Gasteiger partial charge in [0.2, 0.25) is 5.60 Å². The first-order chi connectivity index (χ1) is 15.5. The monoisotopic (exact) mass is 430 g/mol. The number of rotatable bonds is 4. The zero-order chi connectivity index (χ0) is 22.3. The molecule has 2 aliphatic heterocycles. The summed E-state index contributed by atoms with van der Waals surface area (Å²) in [7, 11) is 1.54. The molecule has 8 nitrogen and oxygen atoms in total. The van der Waals surface area contributed by atoms with Crippen molar-refractivity contribution in [3.63, 3.8) is 0 Å². The van der Waals surface area contributed by atoms with Gasteiger partial charge in [0.05, 0.1) is 6.54 Å². The molecule has 2 N–H and O–H groups in total. The Kier molecular flexibility index (Phi) is 4.77. The lowest BCUT2D eigenvalue weighted by atomic mass is 9.94. The van der Waals surface area contributed by atoms with Crippen molar-refractivity contribution in [2.45, 2.75) is 24.9 Å². The lowest BCUT2D eigenvalue weighted by Gasteiger charge is -2.20. The smallest absolute Gasteiger partial charge is 0.418 e. The number of amides is 4. The summed E-state index contributed by atoms with van der Waals surface area (Å²) < 4.78 is 5.69. The van der Waals surface area contributed by atoms with Crippen LogP contribution in [-0.2, 0) is 21.6 Å². The highest BCUT2D eigenvalue weighted by molar-refractivity contribution is 6.09. The first kappa shape index (κ1) is 20.0. The highest BCUT2D eigenvalue weighted by Gasteiger charge is 2.58. The van der Waals surface area contributed by atoms with Crippen LogP contribution in [0.3, 0.4) is 0 Å². The quantitative estimate of drug-likeness (QED) is 0.776. The van der Waals surface area contributed by atoms with Gasteiger partial charge in [-0.15, -0.1) is 0 Å². The molecule has 2 heterocycles. The number of allylic oxidation sites excluding steroid dienone is 1. The summed E-state index contributed by atoms with van der Waals surface area (Å²) in [5, 5.41) is 5.22. The number of carbonyl (C=O) groups is 3. The third kappa shape index (κ3) is 3.24. The number of hydrogen-bond donors (Lipinski definition) is 2. The van der Waals surface area contributed by atoms with E-state index >= 15 is 0 Å². The number of aliphatic imine (C=N–C) groups is 1. The second-order valence-electron chi connectivity index (χ2n) is 8.05. The molecular weight excluding hydrogens is 408 g/mol. The maximum Gasteiger partial charge on any atom is 0.418 e. The summed E-state index contributed by atoms with van der Waals surface area (Å²) in [6.07, 6.45) is 2.68. The summed E-state index contributed by atoms with van der Waals surface area (Å²) >= 11 is 0. The highest BCUT2D eigenvalue weighted by atomic mass is 16.6. The molecular formula is C24H22N4O4. The van der Waals surface area contributed by atoms with Crippen molar-refractivity contribution in [3.8, 4) is 0 Å². The number of nitrogens with one attached hydrogen (secondary N) is 2. The molecule has 3 aliphatic rings. The Labute approximate surface area is 185 Å². The van der Waals surface area contributed by atoms with Crippen molar-refractivity contribution >= 4 is 35.0 Å².